The fourth-order valence-corrected chi connectivity index (χ4v) is 1.71. The van der Waals surface area contributed by atoms with Gasteiger partial charge in [-0.25, -0.2) is 0 Å². The zero-order chi connectivity index (χ0) is 8.32. The molecule has 0 aromatic rings. The molecular formula is C9H19NO. The average molecular weight is 157 g/mol. The number of hydrogen-bond acceptors (Lipinski definition) is 2. The Kier molecular flexibility index (Phi) is 2.90. The maximum atomic E-state index is 5.30. The Morgan fingerprint density at radius 1 is 1.36 bits per heavy atom. The van der Waals surface area contributed by atoms with E-state index in [2.05, 4.69) is 12.2 Å². The Bertz CT molecular complexity index is 117. The smallest absolute Gasteiger partial charge is 0.0572 e. The predicted octanol–water partition coefficient (Wildman–Crippen LogP) is 1.55. The van der Waals surface area contributed by atoms with Crippen molar-refractivity contribution in [1.29, 1.82) is 0 Å². The molecule has 1 aliphatic carbocycles. The molecule has 2 heteroatoms. The quantitative estimate of drug-likeness (QED) is 0.656. The number of ether oxygens (including phenoxy) is 1. The number of methoxy groups -OCH3 is 1. The van der Waals surface area contributed by atoms with Crippen LogP contribution in [-0.2, 0) is 4.74 Å². The van der Waals surface area contributed by atoms with Gasteiger partial charge in [0.25, 0.3) is 0 Å². The van der Waals surface area contributed by atoms with Crippen LogP contribution in [0.2, 0.25) is 0 Å². The molecule has 0 radical (unpaired) electrons. The van der Waals surface area contributed by atoms with E-state index in [-0.39, 0.29) is 0 Å². The van der Waals surface area contributed by atoms with Crippen molar-refractivity contribution < 1.29 is 4.74 Å². The van der Waals surface area contributed by atoms with E-state index in [0.717, 1.165) is 0 Å². The first-order valence-corrected chi connectivity index (χ1v) is 4.42. The maximum absolute atomic E-state index is 5.30. The van der Waals surface area contributed by atoms with E-state index in [1.165, 1.54) is 25.7 Å². The largest absolute Gasteiger partial charge is 0.381 e. The van der Waals surface area contributed by atoms with Gasteiger partial charge in [0.2, 0.25) is 0 Å². The van der Waals surface area contributed by atoms with Crippen LogP contribution in [0.5, 0.6) is 0 Å². The molecule has 66 valence electrons. The minimum atomic E-state index is 0.370. The lowest BCUT2D eigenvalue weighted by atomic mass is 9.82. The number of hydrogen-bond donors (Lipinski definition) is 1. The summed E-state index contributed by atoms with van der Waals surface area (Å²) < 4.78 is 5.30. The predicted molar refractivity (Wildman–Crippen MR) is 46.7 cm³/mol. The zero-order valence-electron chi connectivity index (χ0n) is 7.81. The molecule has 0 bridgehead atoms. The van der Waals surface area contributed by atoms with Crippen molar-refractivity contribution >= 4 is 0 Å². The van der Waals surface area contributed by atoms with Crippen molar-refractivity contribution in [2.75, 3.05) is 14.2 Å². The van der Waals surface area contributed by atoms with E-state index in [0.29, 0.717) is 11.6 Å². The second kappa shape index (κ2) is 3.55. The minimum Gasteiger partial charge on any atom is -0.381 e. The molecule has 1 saturated carbocycles. The summed E-state index contributed by atoms with van der Waals surface area (Å²) in [5, 5.41) is 3.37. The lowest BCUT2D eigenvalue weighted by Crippen LogP contribution is -2.44. The third-order valence-corrected chi connectivity index (χ3v) is 2.97. The highest BCUT2D eigenvalue weighted by atomic mass is 16.5. The van der Waals surface area contributed by atoms with E-state index in [1.807, 2.05) is 14.2 Å². The highest BCUT2D eigenvalue weighted by Crippen LogP contribution is 2.28. The van der Waals surface area contributed by atoms with Crippen molar-refractivity contribution in [3.8, 4) is 0 Å². The molecule has 0 saturated heterocycles. The number of rotatable bonds is 2. The lowest BCUT2D eigenvalue weighted by Gasteiger charge is -2.36. The summed E-state index contributed by atoms with van der Waals surface area (Å²) in [4.78, 5) is 0. The molecule has 0 aliphatic heterocycles. The molecule has 1 N–H and O–H groups in total. The van der Waals surface area contributed by atoms with Gasteiger partial charge in [-0.1, -0.05) is 0 Å². The molecule has 0 aromatic carbocycles. The van der Waals surface area contributed by atoms with Crippen LogP contribution in [0.4, 0.5) is 0 Å². The van der Waals surface area contributed by atoms with Crippen LogP contribution in [0.25, 0.3) is 0 Å². The molecule has 0 atom stereocenters. The van der Waals surface area contributed by atoms with Gasteiger partial charge in [-0.05, 0) is 39.7 Å². The molecule has 0 aromatic heterocycles. The molecule has 0 spiro atoms. The van der Waals surface area contributed by atoms with Gasteiger partial charge in [0.05, 0.1) is 6.10 Å². The summed E-state index contributed by atoms with van der Waals surface area (Å²) in [6.07, 6.45) is 5.39. The Morgan fingerprint density at radius 3 is 2.27 bits per heavy atom. The molecule has 1 rings (SSSR count). The summed E-state index contributed by atoms with van der Waals surface area (Å²) in [5.41, 5.74) is 0.370. The van der Waals surface area contributed by atoms with E-state index in [9.17, 15) is 0 Å². The monoisotopic (exact) mass is 157 g/mol. The first-order valence-electron chi connectivity index (χ1n) is 4.42. The molecule has 1 aliphatic rings. The molecule has 0 heterocycles. The molecule has 0 amide bonds. The van der Waals surface area contributed by atoms with Gasteiger partial charge in [0.15, 0.2) is 0 Å². The van der Waals surface area contributed by atoms with Crippen molar-refractivity contribution in [3.63, 3.8) is 0 Å². The minimum absolute atomic E-state index is 0.370. The molecular weight excluding hydrogens is 138 g/mol. The van der Waals surface area contributed by atoms with E-state index in [4.69, 9.17) is 4.74 Å². The third-order valence-electron chi connectivity index (χ3n) is 2.97. The second-order valence-corrected chi connectivity index (χ2v) is 3.75. The summed E-state index contributed by atoms with van der Waals surface area (Å²) in [6.45, 7) is 2.29. The van der Waals surface area contributed by atoms with Crippen LogP contribution in [-0.4, -0.2) is 25.8 Å². The maximum Gasteiger partial charge on any atom is 0.0572 e. The van der Waals surface area contributed by atoms with Gasteiger partial charge < -0.3 is 10.1 Å². The van der Waals surface area contributed by atoms with E-state index < -0.39 is 0 Å². The highest BCUT2D eigenvalue weighted by Gasteiger charge is 2.28. The fourth-order valence-electron chi connectivity index (χ4n) is 1.71. The average Bonchev–Trinajstić information content (AvgIpc) is 2.06. The Morgan fingerprint density at radius 2 is 1.91 bits per heavy atom. The standard InChI is InChI=1S/C9H19NO/c1-9(10-2)6-4-8(11-3)5-7-9/h8,10H,4-7H2,1-3H3/t8-,9+. The molecule has 0 unspecified atom stereocenters. The first-order chi connectivity index (χ1) is 5.20. The summed E-state index contributed by atoms with van der Waals surface area (Å²) >= 11 is 0. The van der Waals surface area contributed by atoms with Crippen LogP contribution >= 0.6 is 0 Å². The summed E-state index contributed by atoms with van der Waals surface area (Å²) in [6, 6.07) is 0. The van der Waals surface area contributed by atoms with Crippen LogP contribution in [0.15, 0.2) is 0 Å². The molecule has 11 heavy (non-hydrogen) atoms. The van der Waals surface area contributed by atoms with E-state index >= 15 is 0 Å². The van der Waals surface area contributed by atoms with E-state index in [1.54, 1.807) is 0 Å². The summed E-state index contributed by atoms with van der Waals surface area (Å²) in [5.74, 6) is 0. The van der Waals surface area contributed by atoms with Crippen LogP contribution in [0, 0.1) is 0 Å². The van der Waals surface area contributed by atoms with Gasteiger partial charge in [0.1, 0.15) is 0 Å². The normalized spacial score (nSPS) is 39.0. The van der Waals surface area contributed by atoms with Crippen molar-refractivity contribution in [2.24, 2.45) is 0 Å². The summed E-state index contributed by atoms with van der Waals surface area (Å²) in [7, 11) is 3.86. The fraction of sp³-hybridized carbons (Fsp3) is 1.00. The van der Waals surface area contributed by atoms with Gasteiger partial charge >= 0.3 is 0 Å². The zero-order valence-corrected chi connectivity index (χ0v) is 7.81. The Labute approximate surface area is 69.3 Å². The SMILES string of the molecule is CN[C@]1(C)CC[C@H](OC)CC1. The number of nitrogens with one attached hydrogen (secondary N) is 1. The molecule has 2 nitrogen and oxygen atoms in total. The van der Waals surface area contributed by atoms with Gasteiger partial charge in [-0.2, -0.15) is 0 Å². The van der Waals surface area contributed by atoms with Gasteiger partial charge in [-0.15, -0.1) is 0 Å². The second-order valence-electron chi connectivity index (χ2n) is 3.75. The third kappa shape index (κ3) is 2.17. The Balaban J connectivity index is 2.35. The van der Waals surface area contributed by atoms with Crippen LogP contribution < -0.4 is 5.32 Å². The van der Waals surface area contributed by atoms with Crippen LogP contribution in [0.1, 0.15) is 32.6 Å². The van der Waals surface area contributed by atoms with Gasteiger partial charge in [-0.3, -0.25) is 0 Å². The van der Waals surface area contributed by atoms with Crippen molar-refractivity contribution in [2.45, 2.75) is 44.2 Å². The Hall–Kier alpha value is -0.0800. The van der Waals surface area contributed by atoms with Crippen molar-refractivity contribution in [1.82, 2.24) is 5.32 Å². The van der Waals surface area contributed by atoms with Crippen LogP contribution in [0.3, 0.4) is 0 Å². The highest BCUT2D eigenvalue weighted by molar-refractivity contribution is 4.87. The molecule has 1 fully saturated rings. The first kappa shape index (κ1) is 9.01. The lowest BCUT2D eigenvalue weighted by molar-refractivity contribution is 0.0471. The van der Waals surface area contributed by atoms with Crippen molar-refractivity contribution in [3.05, 3.63) is 0 Å². The van der Waals surface area contributed by atoms with Gasteiger partial charge in [0, 0.05) is 12.6 Å². The topological polar surface area (TPSA) is 21.3 Å².